The van der Waals surface area contributed by atoms with Crippen molar-refractivity contribution in [2.75, 3.05) is 31.9 Å². The van der Waals surface area contributed by atoms with E-state index < -0.39 is 9.84 Å². The summed E-state index contributed by atoms with van der Waals surface area (Å²) in [5, 5.41) is 3.51. The Morgan fingerprint density at radius 2 is 1.95 bits per heavy atom. The van der Waals surface area contributed by atoms with Crippen LogP contribution < -0.4 is 5.32 Å². The molecule has 0 spiro atoms. The second kappa shape index (κ2) is 6.70. The van der Waals surface area contributed by atoms with Crippen LogP contribution in [0.3, 0.4) is 0 Å². The molecule has 0 saturated carbocycles. The maximum Gasteiger partial charge on any atom is 0.178 e. The van der Waals surface area contributed by atoms with E-state index in [4.69, 9.17) is 0 Å². The molecule has 0 saturated heterocycles. The molecule has 4 nitrogen and oxygen atoms in total. The molecular formula is C15H24N2O2S. The van der Waals surface area contributed by atoms with Crippen molar-refractivity contribution in [1.29, 1.82) is 0 Å². The molecule has 1 aliphatic rings. The molecular weight excluding hydrogens is 272 g/mol. The number of nitrogens with one attached hydrogen (secondary N) is 1. The monoisotopic (exact) mass is 296 g/mol. The van der Waals surface area contributed by atoms with Crippen molar-refractivity contribution in [2.24, 2.45) is 0 Å². The topological polar surface area (TPSA) is 49.4 Å². The van der Waals surface area contributed by atoms with Gasteiger partial charge in [-0.1, -0.05) is 32.0 Å². The molecule has 20 heavy (non-hydrogen) atoms. The second-order valence-electron chi connectivity index (χ2n) is 5.18. The highest BCUT2D eigenvalue weighted by Gasteiger charge is 2.29. The number of nitrogens with zero attached hydrogens (tertiary/aromatic N) is 1. The zero-order valence-corrected chi connectivity index (χ0v) is 13.1. The third-order valence-corrected chi connectivity index (χ3v) is 5.83. The second-order valence-corrected chi connectivity index (χ2v) is 7.26. The predicted octanol–water partition coefficient (Wildman–Crippen LogP) is 1.84. The fourth-order valence-electron chi connectivity index (χ4n) is 2.74. The Bertz CT molecular complexity index is 539. The van der Waals surface area contributed by atoms with Crippen LogP contribution in [0.25, 0.3) is 0 Å². The van der Waals surface area contributed by atoms with Crippen LogP contribution in [0.2, 0.25) is 0 Å². The number of fused-ring (bicyclic) bond motifs is 1. The van der Waals surface area contributed by atoms with Gasteiger partial charge < -0.3 is 10.2 Å². The van der Waals surface area contributed by atoms with Crippen LogP contribution in [-0.4, -0.2) is 45.2 Å². The van der Waals surface area contributed by atoms with Gasteiger partial charge in [-0.3, -0.25) is 0 Å². The van der Waals surface area contributed by atoms with E-state index in [0.717, 1.165) is 31.7 Å². The molecule has 1 N–H and O–H groups in total. The molecule has 1 aromatic rings. The Balaban J connectivity index is 2.04. The summed E-state index contributed by atoms with van der Waals surface area (Å²) in [5.74, 6) is 0.243. The van der Waals surface area contributed by atoms with E-state index >= 15 is 0 Å². The quantitative estimate of drug-likeness (QED) is 0.870. The van der Waals surface area contributed by atoms with Gasteiger partial charge in [-0.25, -0.2) is 8.42 Å². The molecule has 1 aliphatic heterocycles. The molecule has 5 heteroatoms. The van der Waals surface area contributed by atoms with Crippen molar-refractivity contribution in [1.82, 2.24) is 10.2 Å². The molecule has 0 radical (unpaired) electrons. The maximum absolute atomic E-state index is 12.1. The first-order valence-corrected chi connectivity index (χ1v) is 9.01. The number of likely N-dealkylation sites (N-methyl/N-ethyl adjacent to an activating group) is 1. The van der Waals surface area contributed by atoms with Crippen molar-refractivity contribution >= 4 is 9.84 Å². The summed E-state index contributed by atoms with van der Waals surface area (Å²) in [6, 6.07) is 7.53. The van der Waals surface area contributed by atoms with Crippen LogP contribution in [0, 0.1) is 0 Å². The third-order valence-electron chi connectivity index (χ3n) is 4.02. The van der Waals surface area contributed by atoms with Gasteiger partial charge in [0.2, 0.25) is 0 Å². The summed E-state index contributed by atoms with van der Waals surface area (Å²) in [7, 11) is -3.08. The lowest BCUT2D eigenvalue weighted by Crippen LogP contribution is -2.36. The lowest BCUT2D eigenvalue weighted by Gasteiger charge is -2.27. The highest BCUT2D eigenvalue weighted by atomic mass is 32.2. The zero-order valence-electron chi connectivity index (χ0n) is 12.3. The van der Waals surface area contributed by atoms with E-state index in [0.29, 0.717) is 11.3 Å². The number of hydrogen-bond donors (Lipinski definition) is 1. The van der Waals surface area contributed by atoms with E-state index in [2.05, 4.69) is 24.1 Å². The molecule has 1 aromatic carbocycles. The van der Waals surface area contributed by atoms with Crippen molar-refractivity contribution in [2.45, 2.75) is 31.2 Å². The Kier molecular flexibility index (Phi) is 5.18. The minimum absolute atomic E-state index is 0.158. The minimum atomic E-state index is -3.08. The van der Waals surface area contributed by atoms with Crippen molar-refractivity contribution in [3.8, 4) is 0 Å². The average molecular weight is 296 g/mol. The van der Waals surface area contributed by atoms with Gasteiger partial charge in [-0.15, -0.1) is 0 Å². The van der Waals surface area contributed by atoms with E-state index in [9.17, 15) is 8.42 Å². The summed E-state index contributed by atoms with van der Waals surface area (Å²) >= 11 is 0. The highest BCUT2D eigenvalue weighted by Crippen LogP contribution is 2.31. The molecule has 0 aromatic heterocycles. The summed E-state index contributed by atoms with van der Waals surface area (Å²) in [5.41, 5.74) is 0.929. The number of rotatable bonds is 6. The fourth-order valence-corrected chi connectivity index (χ4v) is 4.36. The van der Waals surface area contributed by atoms with E-state index in [1.807, 2.05) is 12.1 Å². The van der Waals surface area contributed by atoms with Gasteiger partial charge in [-0.05, 0) is 31.1 Å². The van der Waals surface area contributed by atoms with Gasteiger partial charge >= 0.3 is 0 Å². The molecule has 112 valence electrons. The van der Waals surface area contributed by atoms with Gasteiger partial charge in [0.05, 0.1) is 10.6 Å². The van der Waals surface area contributed by atoms with Crippen molar-refractivity contribution in [3.63, 3.8) is 0 Å². The lowest BCUT2D eigenvalue weighted by molar-refractivity contribution is 0.295. The first-order chi connectivity index (χ1) is 9.58. The molecule has 1 heterocycles. The highest BCUT2D eigenvalue weighted by molar-refractivity contribution is 7.91. The average Bonchev–Trinajstić information content (AvgIpc) is 2.46. The maximum atomic E-state index is 12.1. The zero-order chi connectivity index (χ0) is 14.6. The van der Waals surface area contributed by atoms with Gasteiger partial charge in [-0.2, -0.15) is 0 Å². The first-order valence-electron chi connectivity index (χ1n) is 7.36. The van der Waals surface area contributed by atoms with E-state index in [1.165, 1.54) is 0 Å². The van der Waals surface area contributed by atoms with E-state index in [1.54, 1.807) is 12.1 Å². The fraction of sp³-hybridized carbons (Fsp3) is 0.600. The molecule has 0 fully saturated rings. The van der Waals surface area contributed by atoms with Crippen molar-refractivity contribution in [3.05, 3.63) is 29.8 Å². The third kappa shape index (κ3) is 3.40. The van der Waals surface area contributed by atoms with Crippen LogP contribution in [0.4, 0.5) is 0 Å². The Hall–Kier alpha value is -0.910. The standard InChI is InChI=1S/C15H24N2O2S/c1-3-17(4-2)11-10-16-14-9-12-20(18,19)15-8-6-5-7-13(14)15/h5-8,14,16H,3-4,9-12H2,1-2H3. The van der Waals surface area contributed by atoms with Crippen LogP contribution in [-0.2, 0) is 9.84 Å². The largest absolute Gasteiger partial charge is 0.309 e. The van der Waals surface area contributed by atoms with Gasteiger partial charge in [0.15, 0.2) is 9.84 Å². The van der Waals surface area contributed by atoms with E-state index in [-0.39, 0.29) is 11.8 Å². The van der Waals surface area contributed by atoms with Gasteiger partial charge in [0, 0.05) is 19.1 Å². The molecule has 1 unspecified atom stereocenters. The predicted molar refractivity (Wildman–Crippen MR) is 81.6 cm³/mol. The minimum Gasteiger partial charge on any atom is -0.309 e. The van der Waals surface area contributed by atoms with Crippen molar-refractivity contribution < 1.29 is 8.42 Å². The number of sulfone groups is 1. The first kappa shape index (κ1) is 15.5. The summed E-state index contributed by atoms with van der Waals surface area (Å²) in [6.07, 6.45) is 0.664. The molecule has 1 atom stereocenters. The normalized spacial score (nSPS) is 20.9. The van der Waals surface area contributed by atoms with Crippen LogP contribution >= 0.6 is 0 Å². The number of hydrogen-bond acceptors (Lipinski definition) is 4. The SMILES string of the molecule is CCN(CC)CCNC1CCS(=O)(=O)c2ccccc21. The smallest absolute Gasteiger partial charge is 0.178 e. The van der Waals surface area contributed by atoms with Crippen LogP contribution in [0.5, 0.6) is 0 Å². The molecule has 0 amide bonds. The Labute approximate surface area is 122 Å². The lowest BCUT2D eigenvalue weighted by atomic mass is 10.0. The van der Waals surface area contributed by atoms with Crippen LogP contribution in [0.15, 0.2) is 29.2 Å². The molecule has 2 rings (SSSR count). The van der Waals surface area contributed by atoms with Gasteiger partial charge in [0.25, 0.3) is 0 Å². The summed E-state index contributed by atoms with van der Waals surface area (Å²) in [6.45, 7) is 8.30. The Morgan fingerprint density at radius 1 is 1.25 bits per heavy atom. The summed E-state index contributed by atoms with van der Waals surface area (Å²) < 4.78 is 24.1. The Morgan fingerprint density at radius 3 is 2.65 bits per heavy atom. The summed E-state index contributed by atoms with van der Waals surface area (Å²) in [4.78, 5) is 2.87. The van der Waals surface area contributed by atoms with Crippen LogP contribution in [0.1, 0.15) is 31.9 Å². The van der Waals surface area contributed by atoms with Gasteiger partial charge in [0.1, 0.15) is 0 Å². The molecule has 0 bridgehead atoms. The number of benzene rings is 1. The molecule has 0 aliphatic carbocycles.